The highest BCUT2D eigenvalue weighted by Gasteiger charge is 2.54. The molecule has 1 saturated carbocycles. The van der Waals surface area contributed by atoms with Crippen molar-refractivity contribution in [1.29, 1.82) is 0 Å². The molecular weight excluding hydrogens is 471 g/mol. The number of aliphatic hydroxyl groups is 3. The van der Waals surface area contributed by atoms with Crippen LogP contribution in [-0.4, -0.2) is 38.1 Å². The van der Waals surface area contributed by atoms with Crippen molar-refractivity contribution in [1.82, 2.24) is 0 Å². The van der Waals surface area contributed by atoms with E-state index in [4.69, 9.17) is 34.8 Å². The Morgan fingerprint density at radius 3 is 2.53 bits per heavy atom. The Hall–Kier alpha value is -0.760. The summed E-state index contributed by atoms with van der Waals surface area (Å²) in [6.45, 7) is 1.75. The molecule has 4 N–H and O–H groups in total. The second-order valence-electron chi connectivity index (χ2n) is 7.54. The van der Waals surface area contributed by atoms with Gasteiger partial charge in [-0.15, -0.1) is 11.3 Å². The van der Waals surface area contributed by atoms with Crippen LogP contribution in [0.5, 0.6) is 0 Å². The summed E-state index contributed by atoms with van der Waals surface area (Å²) in [5, 5.41) is 42.4. The summed E-state index contributed by atoms with van der Waals surface area (Å²) in [6.07, 6.45) is 7.07. The second-order valence-corrected chi connectivity index (χ2v) is 10.0. The topological polar surface area (TPSA) is 98.0 Å². The molecule has 1 heterocycles. The fourth-order valence-corrected chi connectivity index (χ4v) is 5.98. The summed E-state index contributed by atoms with van der Waals surface area (Å²) >= 11 is 19.4. The van der Waals surface area contributed by atoms with Crippen LogP contribution in [-0.2, 0) is 11.2 Å². The van der Waals surface area contributed by atoms with Crippen LogP contribution in [0.3, 0.4) is 0 Å². The number of hydrogen-bond acceptors (Lipinski definition) is 5. The van der Waals surface area contributed by atoms with Gasteiger partial charge in [0.2, 0.25) is 0 Å². The number of carboxylic acids is 1. The van der Waals surface area contributed by atoms with E-state index in [2.05, 4.69) is 0 Å². The van der Waals surface area contributed by atoms with E-state index in [1.54, 1.807) is 25.2 Å². The lowest BCUT2D eigenvalue weighted by molar-refractivity contribution is -0.184. The first kappa shape index (κ1) is 25.5. The normalized spacial score (nSPS) is 23.1. The van der Waals surface area contributed by atoms with Crippen molar-refractivity contribution in [2.24, 2.45) is 11.8 Å². The summed E-state index contributed by atoms with van der Waals surface area (Å²) in [6, 6.07) is 0. The number of allylic oxidation sites excluding steroid dienone is 3. The molecule has 0 bridgehead atoms. The minimum absolute atomic E-state index is 0.0275. The number of unbranched alkanes of at least 4 members (excludes halogenated alkanes) is 1. The fraction of sp³-hybridized carbons (Fsp3) is 0.571. The smallest absolute Gasteiger partial charge is 0.338 e. The molecule has 1 fully saturated rings. The summed E-state index contributed by atoms with van der Waals surface area (Å²) in [5.74, 6) is -2.69. The number of aliphatic hydroxyl groups excluding tert-OH is 2. The lowest BCUT2D eigenvalue weighted by Crippen LogP contribution is -2.56. The Balaban J connectivity index is 2.06. The number of carbonyl (C=O) groups is 1. The van der Waals surface area contributed by atoms with Gasteiger partial charge in [0, 0.05) is 16.7 Å². The molecular formula is C21H27Cl3O5S. The van der Waals surface area contributed by atoms with Crippen molar-refractivity contribution in [3.05, 3.63) is 43.2 Å². The average Bonchev–Trinajstić information content (AvgIpc) is 3.30. The van der Waals surface area contributed by atoms with E-state index in [0.29, 0.717) is 52.9 Å². The van der Waals surface area contributed by atoms with Gasteiger partial charge in [-0.25, -0.2) is 4.79 Å². The molecule has 4 atom stereocenters. The van der Waals surface area contributed by atoms with Gasteiger partial charge in [0.15, 0.2) is 5.60 Å². The van der Waals surface area contributed by atoms with Crippen LogP contribution in [0.4, 0.5) is 0 Å². The molecule has 1 aliphatic carbocycles. The van der Waals surface area contributed by atoms with Gasteiger partial charge in [-0.3, -0.25) is 0 Å². The number of aryl methyl sites for hydroxylation is 1. The summed E-state index contributed by atoms with van der Waals surface area (Å²) in [7, 11) is 0. The number of rotatable bonds is 10. The predicted octanol–water partition coefficient (Wildman–Crippen LogP) is 6.03. The van der Waals surface area contributed by atoms with Crippen LogP contribution >= 0.6 is 46.1 Å². The molecule has 0 aromatic carbocycles. The molecule has 0 amide bonds. The molecule has 9 heteroatoms. The van der Waals surface area contributed by atoms with E-state index in [0.717, 1.165) is 4.88 Å². The van der Waals surface area contributed by atoms with Crippen molar-refractivity contribution >= 4 is 52.1 Å². The van der Waals surface area contributed by atoms with Gasteiger partial charge in [-0.1, -0.05) is 53.4 Å². The van der Waals surface area contributed by atoms with E-state index in [-0.39, 0.29) is 12.2 Å². The Morgan fingerprint density at radius 2 is 1.97 bits per heavy atom. The third-order valence-electron chi connectivity index (χ3n) is 5.69. The zero-order valence-electron chi connectivity index (χ0n) is 16.7. The predicted molar refractivity (Wildman–Crippen MR) is 122 cm³/mol. The molecule has 1 aliphatic rings. The molecule has 0 spiro atoms. The van der Waals surface area contributed by atoms with Gasteiger partial charge in [0.05, 0.1) is 21.9 Å². The Kier molecular flexibility index (Phi) is 9.53. The molecule has 168 valence electrons. The molecule has 1 aromatic heterocycles. The summed E-state index contributed by atoms with van der Waals surface area (Å²) in [5.41, 5.74) is -2.32. The molecule has 5 nitrogen and oxygen atoms in total. The lowest BCUT2D eigenvalue weighted by atomic mass is 9.74. The molecule has 0 radical (unpaired) electrons. The molecule has 1 aromatic rings. The number of thiophene rings is 1. The van der Waals surface area contributed by atoms with Crippen molar-refractivity contribution in [3.63, 3.8) is 0 Å². The third kappa shape index (κ3) is 5.53. The van der Waals surface area contributed by atoms with Crippen molar-refractivity contribution in [3.8, 4) is 0 Å². The van der Waals surface area contributed by atoms with Gasteiger partial charge in [0.1, 0.15) is 4.34 Å². The van der Waals surface area contributed by atoms with Crippen molar-refractivity contribution in [2.75, 3.05) is 0 Å². The number of halogens is 3. The van der Waals surface area contributed by atoms with E-state index in [1.165, 1.54) is 11.3 Å². The first-order valence-corrected chi connectivity index (χ1v) is 11.9. The zero-order valence-corrected chi connectivity index (χ0v) is 19.7. The fourth-order valence-electron chi connectivity index (χ4n) is 4.06. The van der Waals surface area contributed by atoms with E-state index in [1.807, 2.05) is 0 Å². The number of carboxylic acid groups (broad SMARTS) is 1. The molecule has 0 aliphatic heterocycles. The quantitative estimate of drug-likeness (QED) is 0.180. The largest absolute Gasteiger partial charge is 0.512 e. The average molecular weight is 498 g/mol. The van der Waals surface area contributed by atoms with Crippen LogP contribution in [0.1, 0.15) is 50.3 Å². The van der Waals surface area contributed by atoms with Gasteiger partial charge in [-0.05, 0) is 51.5 Å². The standard InChI is InChI=1S/C21H27Cl3O5S/c1-2-3-11-16(26)21(29,20(27)28)13-8-6-7-12(13)14(25)9-4-5-10-15-17(22)18(23)19(24)30-15/h2-3,9,12-13,16,25-26,29H,4-8,10-11H2,1H3,(H,27,28)/b3-2-,14-9+/t12-,13?,16+,21?/m0/s1. The van der Waals surface area contributed by atoms with E-state index >= 15 is 0 Å². The maximum Gasteiger partial charge on any atom is 0.338 e. The number of aliphatic carboxylic acids is 1. The third-order valence-corrected chi connectivity index (χ3v) is 8.36. The summed E-state index contributed by atoms with van der Waals surface area (Å²) in [4.78, 5) is 12.8. The molecule has 2 unspecified atom stereocenters. The highest BCUT2D eigenvalue weighted by molar-refractivity contribution is 7.17. The van der Waals surface area contributed by atoms with Gasteiger partial charge >= 0.3 is 5.97 Å². The SMILES string of the molecule is C/C=C\C[C@@H](O)C(O)(C(=O)O)C1CCC[C@@H]1/C(O)=C\CCCc1sc(Cl)c(Cl)c1Cl. The Bertz CT molecular complexity index is 807. The number of hydrogen-bond donors (Lipinski definition) is 4. The van der Waals surface area contributed by atoms with Gasteiger partial charge in [0.25, 0.3) is 0 Å². The summed E-state index contributed by atoms with van der Waals surface area (Å²) < 4.78 is 0.452. The van der Waals surface area contributed by atoms with Gasteiger partial charge < -0.3 is 20.4 Å². The van der Waals surface area contributed by atoms with Crippen LogP contribution in [0.25, 0.3) is 0 Å². The molecule has 30 heavy (non-hydrogen) atoms. The van der Waals surface area contributed by atoms with Crippen molar-refractivity contribution < 1.29 is 25.2 Å². The van der Waals surface area contributed by atoms with Crippen molar-refractivity contribution in [2.45, 2.75) is 63.6 Å². The lowest BCUT2D eigenvalue weighted by Gasteiger charge is -2.37. The maximum absolute atomic E-state index is 11.9. The van der Waals surface area contributed by atoms with Crippen LogP contribution in [0.2, 0.25) is 14.4 Å². The van der Waals surface area contributed by atoms with Gasteiger partial charge in [-0.2, -0.15) is 0 Å². The highest BCUT2D eigenvalue weighted by atomic mass is 35.5. The second kappa shape index (κ2) is 11.2. The van der Waals surface area contributed by atoms with Crippen LogP contribution < -0.4 is 0 Å². The van der Waals surface area contributed by atoms with E-state index < -0.39 is 29.5 Å². The van der Waals surface area contributed by atoms with E-state index in [9.17, 15) is 25.2 Å². The van der Waals surface area contributed by atoms with Crippen LogP contribution in [0, 0.1) is 11.8 Å². The Labute approximate surface area is 195 Å². The molecule has 0 saturated heterocycles. The first-order chi connectivity index (χ1) is 14.1. The molecule has 2 rings (SSSR count). The Morgan fingerprint density at radius 1 is 1.27 bits per heavy atom. The monoisotopic (exact) mass is 496 g/mol. The zero-order chi connectivity index (χ0) is 22.5. The van der Waals surface area contributed by atoms with Crippen LogP contribution in [0.15, 0.2) is 24.0 Å². The minimum Gasteiger partial charge on any atom is -0.512 e. The minimum atomic E-state index is -2.32. The maximum atomic E-state index is 11.9. The highest BCUT2D eigenvalue weighted by Crippen LogP contribution is 2.45. The first-order valence-electron chi connectivity index (χ1n) is 9.90.